The van der Waals surface area contributed by atoms with Crippen molar-refractivity contribution < 1.29 is 14.3 Å². The number of ether oxygens (including phenoxy) is 1. The number of amides is 1. The first kappa shape index (κ1) is 17.0. The molecule has 4 heteroatoms. The van der Waals surface area contributed by atoms with Gasteiger partial charge in [0.15, 0.2) is 5.78 Å². The molecule has 0 aromatic heterocycles. The molecule has 1 aliphatic heterocycles. The number of carbonyl (C=O) groups is 2. The Balaban J connectivity index is 1.47. The molecule has 0 radical (unpaired) electrons. The van der Waals surface area contributed by atoms with Gasteiger partial charge in [-0.15, -0.1) is 0 Å². The second kappa shape index (κ2) is 7.46. The van der Waals surface area contributed by atoms with Crippen LogP contribution < -0.4 is 10.1 Å². The average molecular weight is 357 g/mol. The van der Waals surface area contributed by atoms with E-state index in [1.165, 1.54) is 0 Å². The van der Waals surface area contributed by atoms with Crippen molar-refractivity contribution in [3.05, 3.63) is 101 Å². The Hall–Kier alpha value is -3.40. The van der Waals surface area contributed by atoms with E-state index in [0.29, 0.717) is 30.0 Å². The van der Waals surface area contributed by atoms with Gasteiger partial charge in [0.2, 0.25) is 5.91 Å². The fourth-order valence-corrected chi connectivity index (χ4v) is 3.20. The molecule has 3 aromatic carbocycles. The monoisotopic (exact) mass is 357 g/mol. The van der Waals surface area contributed by atoms with Crippen molar-refractivity contribution in [2.45, 2.75) is 19.6 Å². The Morgan fingerprint density at radius 2 is 1.67 bits per heavy atom. The summed E-state index contributed by atoms with van der Waals surface area (Å²) in [4.78, 5) is 25.0. The molecule has 134 valence electrons. The van der Waals surface area contributed by atoms with Crippen LogP contribution in [0.3, 0.4) is 0 Å². The van der Waals surface area contributed by atoms with E-state index in [1.807, 2.05) is 60.7 Å². The summed E-state index contributed by atoms with van der Waals surface area (Å²) < 4.78 is 5.84. The molecule has 1 N–H and O–H groups in total. The van der Waals surface area contributed by atoms with E-state index in [-0.39, 0.29) is 18.1 Å². The molecule has 1 heterocycles. The lowest BCUT2D eigenvalue weighted by Gasteiger charge is -2.09. The summed E-state index contributed by atoms with van der Waals surface area (Å²) in [7, 11) is 0. The van der Waals surface area contributed by atoms with Gasteiger partial charge < -0.3 is 10.1 Å². The van der Waals surface area contributed by atoms with Crippen molar-refractivity contribution in [2.24, 2.45) is 0 Å². The van der Waals surface area contributed by atoms with Crippen LogP contribution >= 0.6 is 0 Å². The first-order valence-electron chi connectivity index (χ1n) is 8.89. The zero-order valence-electron chi connectivity index (χ0n) is 14.8. The Kier molecular flexibility index (Phi) is 4.71. The summed E-state index contributed by atoms with van der Waals surface area (Å²) in [5, 5.41) is 2.92. The second-order valence-electron chi connectivity index (χ2n) is 6.54. The lowest BCUT2D eigenvalue weighted by Crippen LogP contribution is -2.24. The van der Waals surface area contributed by atoms with Gasteiger partial charge in [-0.2, -0.15) is 0 Å². The maximum absolute atomic E-state index is 12.8. The van der Waals surface area contributed by atoms with E-state index in [2.05, 4.69) is 5.32 Å². The first-order valence-corrected chi connectivity index (χ1v) is 8.89. The number of carbonyl (C=O) groups excluding carboxylic acids is 2. The molecule has 0 fully saturated rings. The van der Waals surface area contributed by atoms with E-state index in [1.54, 1.807) is 12.1 Å². The second-order valence-corrected chi connectivity index (χ2v) is 6.54. The maximum atomic E-state index is 12.8. The van der Waals surface area contributed by atoms with Gasteiger partial charge in [-0.05, 0) is 23.3 Å². The minimum absolute atomic E-state index is 0.0434. The fraction of sp³-hybridized carbons (Fsp3) is 0.130. The molecule has 27 heavy (non-hydrogen) atoms. The van der Waals surface area contributed by atoms with E-state index >= 15 is 0 Å². The number of rotatable bonds is 4. The van der Waals surface area contributed by atoms with Gasteiger partial charge >= 0.3 is 0 Å². The number of fused-ring (bicyclic) bond motifs is 2. The molecule has 0 atom stereocenters. The summed E-state index contributed by atoms with van der Waals surface area (Å²) >= 11 is 0. The van der Waals surface area contributed by atoms with Gasteiger partial charge in [-0.1, -0.05) is 60.7 Å². The zero-order chi connectivity index (χ0) is 18.6. The minimum Gasteiger partial charge on any atom is -0.488 e. The molecule has 4 nitrogen and oxygen atoms in total. The molecular formula is C23H19NO3. The Morgan fingerprint density at radius 1 is 0.889 bits per heavy atom. The number of ketones is 1. The molecule has 0 spiro atoms. The highest BCUT2D eigenvalue weighted by molar-refractivity contribution is 6.12. The van der Waals surface area contributed by atoms with Crippen LogP contribution in [0, 0.1) is 0 Å². The van der Waals surface area contributed by atoms with Crippen LogP contribution in [0.25, 0.3) is 0 Å². The van der Waals surface area contributed by atoms with Gasteiger partial charge in [0.1, 0.15) is 12.4 Å². The van der Waals surface area contributed by atoms with Crippen LogP contribution in [0.2, 0.25) is 0 Å². The fourth-order valence-electron chi connectivity index (χ4n) is 3.20. The molecule has 0 saturated carbocycles. The van der Waals surface area contributed by atoms with Gasteiger partial charge in [-0.3, -0.25) is 9.59 Å². The molecule has 0 saturated heterocycles. The summed E-state index contributed by atoms with van der Waals surface area (Å²) in [5.41, 5.74) is 3.95. The molecule has 0 aliphatic carbocycles. The molecule has 0 bridgehead atoms. The zero-order valence-corrected chi connectivity index (χ0v) is 14.8. The van der Waals surface area contributed by atoms with Crippen molar-refractivity contribution in [3.63, 3.8) is 0 Å². The third-order valence-electron chi connectivity index (χ3n) is 4.63. The number of nitrogens with one attached hydrogen (secondary N) is 1. The van der Waals surface area contributed by atoms with Crippen LogP contribution in [0.4, 0.5) is 0 Å². The van der Waals surface area contributed by atoms with Gasteiger partial charge in [0, 0.05) is 17.7 Å². The summed E-state index contributed by atoms with van der Waals surface area (Å²) in [6.45, 7) is 0.841. The molecular weight excluding hydrogens is 338 g/mol. The Bertz CT molecular complexity index is 996. The predicted molar refractivity (Wildman–Crippen MR) is 103 cm³/mol. The summed E-state index contributed by atoms with van der Waals surface area (Å²) in [6.07, 6.45) is 0.241. The molecule has 4 rings (SSSR count). The number of benzene rings is 3. The highest BCUT2D eigenvalue weighted by atomic mass is 16.5. The molecule has 1 amide bonds. The van der Waals surface area contributed by atoms with Crippen molar-refractivity contribution in [3.8, 4) is 5.75 Å². The lowest BCUT2D eigenvalue weighted by atomic mass is 9.98. The van der Waals surface area contributed by atoms with Crippen LogP contribution in [0.1, 0.15) is 32.6 Å². The van der Waals surface area contributed by atoms with Gasteiger partial charge in [-0.25, -0.2) is 0 Å². The molecule has 0 unspecified atom stereocenters. The van der Waals surface area contributed by atoms with Crippen LogP contribution in [-0.4, -0.2) is 11.7 Å². The highest BCUT2D eigenvalue weighted by Gasteiger charge is 2.22. The van der Waals surface area contributed by atoms with Crippen molar-refractivity contribution in [1.82, 2.24) is 5.32 Å². The minimum atomic E-state index is -0.0676. The normalized spacial score (nSPS) is 12.4. The SMILES string of the molecule is O=C(Cc1ccc2c(c1)OCc1ccccc1C2=O)NCc1ccccc1. The topological polar surface area (TPSA) is 55.4 Å². The van der Waals surface area contributed by atoms with Crippen molar-refractivity contribution >= 4 is 11.7 Å². The molecule has 1 aliphatic rings. The highest BCUT2D eigenvalue weighted by Crippen LogP contribution is 2.29. The maximum Gasteiger partial charge on any atom is 0.224 e. The van der Waals surface area contributed by atoms with Gasteiger partial charge in [0.05, 0.1) is 12.0 Å². The van der Waals surface area contributed by atoms with E-state index in [4.69, 9.17) is 4.74 Å². The van der Waals surface area contributed by atoms with E-state index < -0.39 is 0 Å². The average Bonchev–Trinajstić information content (AvgIpc) is 2.84. The Labute approximate surface area is 157 Å². The largest absolute Gasteiger partial charge is 0.488 e. The quantitative estimate of drug-likeness (QED) is 0.775. The number of hydrogen-bond donors (Lipinski definition) is 1. The number of hydrogen-bond acceptors (Lipinski definition) is 3. The van der Waals surface area contributed by atoms with Crippen molar-refractivity contribution in [1.29, 1.82) is 0 Å². The van der Waals surface area contributed by atoms with E-state index in [0.717, 1.165) is 16.7 Å². The third kappa shape index (κ3) is 3.75. The predicted octanol–water partition coefficient (Wildman–Crippen LogP) is 3.67. The molecule has 3 aromatic rings. The van der Waals surface area contributed by atoms with Crippen LogP contribution in [0.5, 0.6) is 5.75 Å². The standard InChI is InChI=1S/C23H19NO3/c25-22(24-14-16-6-2-1-3-7-16)13-17-10-11-20-21(12-17)27-15-18-8-4-5-9-19(18)23(20)26/h1-12H,13-15H2,(H,24,25). The summed E-state index contributed by atoms with van der Waals surface area (Å²) in [6, 6.07) is 22.6. The van der Waals surface area contributed by atoms with E-state index in [9.17, 15) is 9.59 Å². The van der Waals surface area contributed by atoms with Crippen LogP contribution in [0.15, 0.2) is 72.8 Å². The van der Waals surface area contributed by atoms with Crippen molar-refractivity contribution in [2.75, 3.05) is 0 Å². The smallest absolute Gasteiger partial charge is 0.224 e. The van der Waals surface area contributed by atoms with Crippen LogP contribution in [-0.2, 0) is 24.4 Å². The first-order chi connectivity index (χ1) is 13.2. The Morgan fingerprint density at radius 3 is 2.52 bits per heavy atom. The third-order valence-corrected chi connectivity index (χ3v) is 4.63. The lowest BCUT2D eigenvalue weighted by molar-refractivity contribution is -0.120. The van der Waals surface area contributed by atoms with Gasteiger partial charge in [0.25, 0.3) is 0 Å². The summed E-state index contributed by atoms with van der Waals surface area (Å²) in [5.74, 6) is 0.421.